The molecule has 0 saturated carbocycles. The molecule has 0 bridgehead atoms. The van der Waals surface area contributed by atoms with E-state index in [0.29, 0.717) is 60.1 Å². The van der Waals surface area contributed by atoms with Gasteiger partial charge in [0.2, 0.25) is 5.91 Å². The molecule has 0 spiro atoms. The number of aryl methyl sites for hydroxylation is 2. The summed E-state index contributed by atoms with van der Waals surface area (Å²) in [5.41, 5.74) is 10.9. The van der Waals surface area contributed by atoms with E-state index >= 15 is 4.39 Å². The van der Waals surface area contributed by atoms with Gasteiger partial charge in [0, 0.05) is 87.9 Å². The quantitative estimate of drug-likeness (QED) is 0.130. The number of nitrogens with two attached hydrogens (primary N) is 1. The zero-order chi connectivity index (χ0) is 37.6. The number of aromatic nitrogens is 3. The minimum Gasteiger partial charge on any atom is -0.381 e. The molecule has 53 heavy (non-hydrogen) atoms. The number of ether oxygens (including phenoxy) is 1. The number of benzene rings is 2. The molecule has 2 aromatic heterocycles. The molecular weight excluding hydrogens is 679 g/mol. The van der Waals surface area contributed by atoms with E-state index in [4.69, 9.17) is 15.5 Å². The van der Waals surface area contributed by atoms with Crippen molar-refractivity contribution in [3.05, 3.63) is 76.9 Å². The van der Waals surface area contributed by atoms with Gasteiger partial charge in [-0.05, 0) is 68.0 Å². The van der Waals surface area contributed by atoms with Crippen molar-refractivity contribution in [3.8, 4) is 11.1 Å². The molecule has 2 saturated heterocycles. The lowest BCUT2D eigenvalue weighted by Crippen LogP contribution is -2.49. The van der Waals surface area contributed by atoms with Crippen LogP contribution >= 0.6 is 0 Å². The lowest BCUT2D eigenvalue weighted by molar-refractivity contribution is -0.152. The number of hydrogen-bond donors (Lipinski definition) is 5. The number of hydrogen-bond acceptors (Lipinski definition) is 10. The SMILES string of the molecule is CCc1nc2c(cnn2CC)c(NC2CCOCC2)c1CN(Cc1ccc(F)c(-c2cccc(CN3CCN[C@@H](C)C3)c2)c1)C(=O)C(O)C(O)C(N)=O. The first-order chi connectivity index (χ1) is 25.6. The molecule has 2 amide bonds. The Balaban J connectivity index is 1.37. The third kappa shape index (κ3) is 8.85. The van der Waals surface area contributed by atoms with Crippen molar-refractivity contribution in [1.82, 2.24) is 29.9 Å². The maximum absolute atomic E-state index is 15.6. The highest BCUT2D eigenvalue weighted by atomic mass is 19.1. The Labute approximate surface area is 309 Å². The van der Waals surface area contributed by atoms with Gasteiger partial charge in [-0.15, -0.1) is 0 Å². The topological polar surface area (TPSA) is 171 Å². The van der Waals surface area contributed by atoms with E-state index in [-0.39, 0.29) is 19.1 Å². The number of pyridine rings is 1. The highest BCUT2D eigenvalue weighted by Gasteiger charge is 2.34. The number of anilines is 1. The minimum absolute atomic E-state index is 0.0400. The van der Waals surface area contributed by atoms with Gasteiger partial charge in [-0.2, -0.15) is 5.10 Å². The number of nitrogens with zero attached hydrogens (tertiary/aromatic N) is 5. The number of carbonyl (C=O) groups excluding carboxylic acids is 2. The van der Waals surface area contributed by atoms with Crippen molar-refractivity contribution in [2.24, 2.45) is 5.73 Å². The highest BCUT2D eigenvalue weighted by molar-refractivity contribution is 5.93. The van der Waals surface area contributed by atoms with Gasteiger partial charge in [0.1, 0.15) is 5.82 Å². The number of aliphatic hydroxyl groups is 2. The fraction of sp³-hybridized carbons (Fsp3) is 0.487. The minimum atomic E-state index is -2.12. The van der Waals surface area contributed by atoms with Crippen LogP contribution in [0.3, 0.4) is 0 Å². The van der Waals surface area contributed by atoms with Gasteiger partial charge in [0.15, 0.2) is 17.9 Å². The van der Waals surface area contributed by atoms with Gasteiger partial charge in [-0.1, -0.05) is 31.2 Å². The molecule has 2 aromatic carbocycles. The molecule has 4 aromatic rings. The summed E-state index contributed by atoms with van der Waals surface area (Å²) in [6, 6.07) is 13.0. The maximum atomic E-state index is 15.6. The number of rotatable bonds is 14. The highest BCUT2D eigenvalue weighted by Crippen LogP contribution is 2.33. The predicted octanol–water partition coefficient (Wildman–Crippen LogP) is 2.94. The largest absolute Gasteiger partial charge is 0.381 e. The average molecular weight is 731 g/mol. The molecule has 3 atom stereocenters. The summed E-state index contributed by atoms with van der Waals surface area (Å²) < 4.78 is 23.0. The van der Waals surface area contributed by atoms with Gasteiger partial charge in [0.05, 0.1) is 17.3 Å². The molecule has 6 rings (SSSR count). The van der Waals surface area contributed by atoms with Crippen LogP contribution in [-0.4, -0.2) is 104 Å². The summed E-state index contributed by atoms with van der Waals surface area (Å²) in [6.45, 7) is 11.4. The van der Waals surface area contributed by atoms with E-state index in [1.165, 1.54) is 11.0 Å². The number of piperazine rings is 1. The monoisotopic (exact) mass is 730 g/mol. The van der Waals surface area contributed by atoms with E-state index in [2.05, 4.69) is 27.6 Å². The van der Waals surface area contributed by atoms with Crippen LogP contribution in [0.1, 0.15) is 56.0 Å². The second-order valence-corrected chi connectivity index (χ2v) is 14.1. The molecule has 0 aliphatic carbocycles. The van der Waals surface area contributed by atoms with Crippen LogP contribution in [0.15, 0.2) is 48.7 Å². The van der Waals surface area contributed by atoms with Gasteiger partial charge in [-0.25, -0.2) is 14.1 Å². The molecule has 284 valence electrons. The second kappa shape index (κ2) is 17.1. The number of aliphatic hydroxyl groups excluding tert-OH is 2. The molecule has 2 aliphatic heterocycles. The summed E-state index contributed by atoms with van der Waals surface area (Å²) >= 11 is 0. The molecule has 4 heterocycles. The fourth-order valence-electron chi connectivity index (χ4n) is 7.32. The first-order valence-corrected chi connectivity index (χ1v) is 18.5. The Hall–Kier alpha value is -4.47. The Bertz CT molecular complexity index is 1910. The number of primary amides is 1. The predicted molar refractivity (Wildman–Crippen MR) is 200 cm³/mol. The Morgan fingerprint density at radius 3 is 2.62 bits per heavy atom. The number of amides is 2. The van der Waals surface area contributed by atoms with Gasteiger partial charge < -0.3 is 36.2 Å². The maximum Gasteiger partial charge on any atom is 0.255 e. The fourth-order valence-corrected chi connectivity index (χ4v) is 7.32. The van der Waals surface area contributed by atoms with Gasteiger partial charge >= 0.3 is 0 Å². The number of carbonyl (C=O) groups is 2. The van der Waals surface area contributed by atoms with Crippen LogP contribution in [0.5, 0.6) is 0 Å². The zero-order valence-electron chi connectivity index (χ0n) is 30.7. The first kappa shape index (κ1) is 38.3. The smallest absolute Gasteiger partial charge is 0.255 e. The zero-order valence-corrected chi connectivity index (χ0v) is 30.7. The number of nitrogens with one attached hydrogen (secondary N) is 2. The lowest BCUT2D eigenvalue weighted by atomic mass is 9.99. The third-order valence-electron chi connectivity index (χ3n) is 10.2. The second-order valence-electron chi connectivity index (χ2n) is 14.1. The Morgan fingerprint density at radius 1 is 1.11 bits per heavy atom. The Morgan fingerprint density at radius 2 is 1.91 bits per heavy atom. The number of fused-ring (bicyclic) bond motifs is 1. The van der Waals surface area contributed by atoms with Crippen molar-refractivity contribution >= 4 is 28.5 Å². The van der Waals surface area contributed by atoms with Crippen LogP contribution in [0.25, 0.3) is 22.2 Å². The Kier molecular flexibility index (Phi) is 12.4. The molecule has 0 radical (unpaired) electrons. The first-order valence-electron chi connectivity index (χ1n) is 18.5. The molecule has 14 heteroatoms. The van der Waals surface area contributed by atoms with E-state index in [1.807, 2.05) is 42.8 Å². The summed E-state index contributed by atoms with van der Waals surface area (Å²) in [5, 5.41) is 33.9. The number of halogens is 1. The van der Waals surface area contributed by atoms with E-state index in [1.54, 1.807) is 18.3 Å². The molecule has 13 nitrogen and oxygen atoms in total. The van der Waals surface area contributed by atoms with Crippen molar-refractivity contribution in [2.45, 2.75) is 90.5 Å². The van der Waals surface area contributed by atoms with Crippen LogP contribution < -0.4 is 16.4 Å². The normalized spacial score (nSPS) is 18.2. The third-order valence-corrected chi connectivity index (χ3v) is 10.2. The van der Waals surface area contributed by atoms with Crippen molar-refractivity contribution in [1.29, 1.82) is 0 Å². The van der Waals surface area contributed by atoms with Crippen LogP contribution in [0.4, 0.5) is 10.1 Å². The summed E-state index contributed by atoms with van der Waals surface area (Å²) in [7, 11) is 0. The van der Waals surface area contributed by atoms with Gasteiger partial charge in [-0.3, -0.25) is 14.5 Å². The molecular formula is C39H51FN8O5. The summed E-state index contributed by atoms with van der Waals surface area (Å²) in [5.74, 6) is -2.54. The lowest BCUT2D eigenvalue weighted by Gasteiger charge is -2.31. The molecule has 2 fully saturated rings. The van der Waals surface area contributed by atoms with Crippen molar-refractivity contribution < 1.29 is 28.9 Å². The van der Waals surface area contributed by atoms with E-state index in [9.17, 15) is 19.8 Å². The van der Waals surface area contributed by atoms with Crippen LogP contribution in [-0.2, 0) is 46.9 Å². The van der Waals surface area contributed by atoms with E-state index < -0.39 is 29.8 Å². The van der Waals surface area contributed by atoms with Crippen molar-refractivity contribution in [2.75, 3.05) is 38.2 Å². The molecule has 6 N–H and O–H groups in total. The standard InChI is InChI=1S/C39H51FN8O5/c1-4-33-31(34(44-28-11-15-53-16-12-28)30-19-43-48(5-2)38(30)45-33)23-47(39(52)36(50)35(49)37(41)51)22-26-9-10-32(40)29(18-26)27-8-6-7-25(17-27)21-46-14-13-42-24(3)20-46/h6-10,17-19,24,28,35-36,42,49-50H,4-5,11-16,20-23H2,1-3H3,(H2,41,51)(H,44,45)/t24-,35?,36?/m0/s1. The molecule has 2 aliphatic rings. The molecule has 2 unspecified atom stereocenters. The van der Waals surface area contributed by atoms with Crippen molar-refractivity contribution in [3.63, 3.8) is 0 Å². The van der Waals surface area contributed by atoms with Gasteiger partial charge in [0.25, 0.3) is 5.91 Å². The average Bonchev–Trinajstić information content (AvgIpc) is 3.58. The summed E-state index contributed by atoms with van der Waals surface area (Å²) in [6.07, 6.45) is -0.380. The van der Waals surface area contributed by atoms with E-state index in [0.717, 1.165) is 61.4 Å². The summed E-state index contributed by atoms with van der Waals surface area (Å²) in [4.78, 5) is 34.7. The van der Waals surface area contributed by atoms with Crippen LogP contribution in [0.2, 0.25) is 0 Å². The van der Waals surface area contributed by atoms with Crippen LogP contribution in [0, 0.1) is 5.82 Å².